The van der Waals surface area contributed by atoms with Crippen LogP contribution in [0.5, 0.6) is 0 Å². The molecule has 0 aliphatic rings. The number of hydrogen-bond acceptors (Lipinski definition) is 0. The Morgan fingerprint density at radius 1 is 0.561 bits per heavy atom. The standard InChI is InChI=1S/2C16H13.C4H12Si2.2ClH.Zr/c2*1-12-10-14-8-5-9-15(16(14)11-12)13-6-3-2-4-7-13;1-5-6(2,3)4;;;/h2*2-11H,1H3;1-4H3;2*1H;/q2*-1;;;;+2/p-2. The van der Waals surface area contributed by atoms with Gasteiger partial charge in [0.05, 0.1) is 0 Å². The second-order valence-corrected chi connectivity index (χ2v) is 33.0. The molecule has 0 amide bonds. The Hall–Kier alpha value is -2.00. The van der Waals surface area contributed by atoms with E-state index in [1.165, 1.54) is 54.9 Å². The maximum Gasteiger partial charge on any atom is -0.0279 e. The molecule has 0 aliphatic heterocycles. The van der Waals surface area contributed by atoms with E-state index >= 15 is 0 Å². The van der Waals surface area contributed by atoms with Crippen LogP contribution in [0.15, 0.2) is 121 Å². The van der Waals surface area contributed by atoms with Crippen molar-refractivity contribution >= 4 is 34.1 Å². The number of hydrogen-bond donors (Lipinski definition) is 0. The molecule has 0 aromatic heterocycles. The molecule has 210 valence electrons. The van der Waals surface area contributed by atoms with E-state index in [1.54, 1.807) is 0 Å². The fourth-order valence-electron chi connectivity index (χ4n) is 4.51. The van der Waals surface area contributed by atoms with Gasteiger partial charge < -0.3 is 24.8 Å². The number of aryl methyl sites for hydroxylation is 2. The van der Waals surface area contributed by atoms with Gasteiger partial charge in [-0.1, -0.05) is 97.8 Å². The number of benzene rings is 4. The van der Waals surface area contributed by atoms with E-state index in [4.69, 9.17) is 0 Å². The van der Waals surface area contributed by atoms with Crippen LogP contribution in [0.2, 0.25) is 26.2 Å². The second kappa shape index (κ2) is 16.0. The van der Waals surface area contributed by atoms with Gasteiger partial charge in [-0.2, -0.15) is 12.1 Å². The zero-order valence-electron chi connectivity index (χ0n) is 24.8. The summed E-state index contributed by atoms with van der Waals surface area (Å²) < 4.78 is 0. The molecule has 0 radical (unpaired) electrons. The van der Waals surface area contributed by atoms with Crippen molar-refractivity contribution in [2.45, 2.75) is 40.0 Å². The molecule has 0 fully saturated rings. The van der Waals surface area contributed by atoms with Gasteiger partial charge in [0, 0.05) is 0 Å². The first kappa shape index (κ1) is 35.2. The summed E-state index contributed by atoms with van der Waals surface area (Å²) in [6.45, 7) is 14.2. The maximum absolute atomic E-state index is 2.47. The average molecular weight is 689 g/mol. The van der Waals surface area contributed by atoms with Crippen LogP contribution in [0, 0.1) is 13.8 Å². The van der Waals surface area contributed by atoms with Gasteiger partial charge in [0.25, 0.3) is 0 Å². The summed E-state index contributed by atoms with van der Waals surface area (Å²) in [5, 5.41) is 5.37. The van der Waals surface area contributed by atoms with E-state index in [0.717, 1.165) is 0 Å². The molecule has 0 N–H and O–H groups in total. The van der Waals surface area contributed by atoms with Crippen LogP contribution >= 0.6 is 0 Å². The molecule has 0 aliphatic carbocycles. The second-order valence-electron chi connectivity index (χ2n) is 11.3. The third-order valence-corrected chi connectivity index (χ3v) is 32.7. The molecule has 0 bridgehead atoms. The molecule has 0 saturated heterocycles. The molecule has 0 heterocycles. The first-order chi connectivity index (χ1) is 18.6. The Balaban J connectivity index is 0.000000226. The van der Waals surface area contributed by atoms with Crippen LogP contribution in [0.3, 0.4) is 0 Å². The largest absolute Gasteiger partial charge is 1.00 e. The minimum Gasteiger partial charge on any atom is -1.00 e. The van der Waals surface area contributed by atoms with Crippen molar-refractivity contribution in [3.05, 3.63) is 132 Å². The Labute approximate surface area is 274 Å². The Morgan fingerprint density at radius 2 is 0.902 bits per heavy atom. The van der Waals surface area contributed by atoms with Gasteiger partial charge in [-0.25, -0.2) is 0 Å². The molecule has 0 saturated carbocycles. The predicted molar refractivity (Wildman–Crippen MR) is 174 cm³/mol. The predicted octanol–water partition coefficient (Wildman–Crippen LogP) is 4.65. The molecule has 0 unspecified atom stereocenters. The molecule has 6 aromatic carbocycles. The molecule has 5 heteroatoms. The molecular weight excluding hydrogens is 651 g/mol. The van der Waals surface area contributed by atoms with Crippen molar-refractivity contribution in [3.8, 4) is 22.3 Å². The molecule has 0 nitrogen and oxygen atoms in total. The summed E-state index contributed by atoms with van der Waals surface area (Å²) in [6.07, 6.45) is 0. The molecule has 0 spiro atoms. The van der Waals surface area contributed by atoms with Crippen molar-refractivity contribution in [2.75, 3.05) is 0 Å². The zero-order valence-corrected chi connectivity index (χ0v) is 30.8. The SMILES string of the molecule is C[Si](=[Zr+2])[Si](C)(C)C.Cc1cc2c(-c3ccccc3)cccc2[cH-]1.Cc1cc2c(-c3ccccc3)cccc2[cH-]1.[Cl-].[Cl-]. The Bertz CT molecular complexity index is 1560. The summed E-state index contributed by atoms with van der Waals surface area (Å²) in [7, 11) is -0.593. The van der Waals surface area contributed by atoms with Crippen LogP contribution < -0.4 is 24.8 Å². The Morgan fingerprint density at radius 3 is 1.22 bits per heavy atom. The van der Waals surface area contributed by atoms with E-state index in [2.05, 4.69) is 161 Å². The van der Waals surface area contributed by atoms with E-state index in [9.17, 15) is 0 Å². The van der Waals surface area contributed by atoms with Gasteiger partial charge >= 0.3 is 62.1 Å². The van der Waals surface area contributed by atoms with E-state index in [0.29, 0.717) is 0 Å². The monoisotopic (exact) mass is 686 g/mol. The summed E-state index contributed by atoms with van der Waals surface area (Å²) in [5.41, 5.74) is 7.89. The topological polar surface area (TPSA) is 0 Å². The maximum atomic E-state index is 2.47. The van der Waals surface area contributed by atoms with E-state index < -0.39 is 7.59 Å². The first-order valence-corrected chi connectivity index (χ1v) is 23.8. The first-order valence-electron chi connectivity index (χ1n) is 13.6. The van der Waals surface area contributed by atoms with Crippen molar-refractivity contribution in [3.63, 3.8) is 0 Å². The third kappa shape index (κ3) is 9.50. The van der Waals surface area contributed by atoms with Crippen molar-refractivity contribution in [2.24, 2.45) is 0 Å². The van der Waals surface area contributed by atoms with Crippen LogP contribution in [0.25, 0.3) is 43.8 Å². The summed E-state index contributed by atoms with van der Waals surface area (Å²) >= 11 is 1.82. The summed E-state index contributed by atoms with van der Waals surface area (Å²) in [6, 6.07) is 43.1. The summed E-state index contributed by atoms with van der Waals surface area (Å²) in [5.74, 6) is 0. The molecule has 6 rings (SSSR count). The zero-order chi connectivity index (χ0) is 28.0. The van der Waals surface area contributed by atoms with Gasteiger partial charge in [-0.15, -0.1) is 69.1 Å². The quantitative estimate of drug-likeness (QED) is 0.188. The number of fused-ring (bicyclic) bond motifs is 2. The molecule has 6 aromatic rings. The number of halogens is 2. The minimum atomic E-state index is -0.593. The third-order valence-electron chi connectivity index (χ3n) is 7.08. The van der Waals surface area contributed by atoms with Gasteiger partial charge in [0.1, 0.15) is 0 Å². The van der Waals surface area contributed by atoms with Crippen molar-refractivity contribution in [1.29, 1.82) is 0 Å². The van der Waals surface area contributed by atoms with E-state index in [1.807, 2.05) is 23.3 Å². The van der Waals surface area contributed by atoms with Crippen LogP contribution in [-0.4, -0.2) is 12.5 Å². The van der Waals surface area contributed by atoms with Crippen molar-refractivity contribution < 1.29 is 48.1 Å². The normalized spacial score (nSPS) is 10.4. The Kier molecular flexibility index (Phi) is 13.7. The van der Waals surface area contributed by atoms with E-state index in [-0.39, 0.29) is 29.8 Å². The summed E-state index contributed by atoms with van der Waals surface area (Å²) in [4.78, 5) is 0.179. The fourth-order valence-corrected chi connectivity index (χ4v) is 4.51. The van der Waals surface area contributed by atoms with Gasteiger partial charge in [-0.05, 0) is 11.1 Å². The van der Waals surface area contributed by atoms with Gasteiger partial charge in [-0.3, -0.25) is 0 Å². The van der Waals surface area contributed by atoms with Crippen LogP contribution in [-0.2, 0) is 23.3 Å². The van der Waals surface area contributed by atoms with Crippen LogP contribution in [0.1, 0.15) is 11.1 Å². The molecule has 0 atom stereocenters. The van der Waals surface area contributed by atoms with Gasteiger partial charge in [0.2, 0.25) is 0 Å². The van der Waals surface area contributed by atoms with Crippen LogP contribution in [0.4, 0.5) is 0 Å². The molecular formula is C36H38Cl2Si2Zr-2. The van der Waals surface area contributed by atoms with Gasteiger partial charge in [0.15, 0.2) is 0 Å². The average Bonchev–Trinajstić information content (AvgIpc) is 3.50. The smallest absolute Gasteiger partial charge is 0.0279 e. The van der Waals surface area contributed by atoms with Crippen molar-refractivity contribution in [1.82, 2.24) is 0 Å². The minimum absolute atomic E-state index is 0. The number of rotatable bonds is 3. The molecule has 41 heavy (non-hydrogen) atoms. The fraction of sp³-hybridized carbons (Fsp3) is 0.167.